The van der Waals surface area contributed by atoms with Crippen LogP contribution in [-0.4, -0.2) is 18.1 Å². The summed E-state index contributed by atoms with van der Waals surface area (Å²) in [7, 11) is 1.34. The summed E-state index contributed by atoms with van der Waals surface area (Å²) in [6.07, 6.45) is 0. The van der Waals surface area contributed by atoms with Gasteiger partial charge in [0, 0.05) is 11.3 Å². The van der Waals surface area contributed by atoms with E-state index in [4.69, 9.17) is 5.73 Å². The lowest BCUT2D eigenvalue weighted by atomic mass is 10.0. The Morgan fingerprint density at radius 2 is 2.00 bits per heavy atom. The minimum Gasteiger partial charge on any atom is -0.465 e. The number of methoxy groups -OCH3 is 1. The van der Waals surface area contributed by atoms with Gasteiger partial charge in [-0.1, -0.05) is 17.7 Å². The molecule has 0 amide bonds. The highest BCUT2D eigenvalue weighted by molar-refractivity contribution is 5.96. The molecule has 0 spiro atoms. The molecule has 18 heavy (non-hydrogen) atoms. The van der Waals surface area contributed by atoms with Crippen molar-refractivity contribution >= 4 is 11.8 Å². The number of aromatic amines is 1. The zero-order valence-corrected chi connectivity index (χ0v) is 10.7. The number of aryl methyl sites for hydroxylation is 2. The summed E-state index contributed by atoms with van der Waals surface area (Å²) >= 11 is 0. The number of rotatable bonds is 2. The smallest absolute Gasteiger partial charge is 0.341 e. The molecule has 2 aromatic rings. The van der Waals surface area contributed by atoms with Crippen molar-refractivity contribution in [2.24, 2.45) is 0 Å². The topological polar surface area (TPSA) is 68.1 Å². The molecule has 1 heterocycles. The Morgan fingerprint density at radius 1 is 1.28 bits per heavy atom. The third-order valence-corrected chi connectivity index (χ3v) is 2.94. The summed E-state index contributed by atoms with van der Waals surface area (Å²) < 4.78 is 4.68. The number of nitrogen functional groups attached to an aromatic ring is 1. The minimum atomic E-state index is -0.430. The van der Waals surface area contributed by atoms with E-state index < -0.39 is 5.97 Å². The highest BCUT2D eigenvalue weighted by Crippen LogP contribution is 2.27. The van der Waals surface area contributed by atoms with E-state index in [0.29, 0.717) is 11.4 Å². The van der Waals surface area contributed by atoms with E-state index in [1.165, 1.54) is 7.11 Å². The molecule has 0 atom stereocenters. The fourth-order valence-electron chi connectivity index (χ4n) is 1.92. The quantitative estimate of drug-likeness (QED) is 0.798. The first-order valence-corrected chi connectivity index (χ1v) is 5.67. The number of carbonyl (C=O) groups excluding carboxylic acids is 1. The number of carbonyl (C=O) groups is 1. The molecule has 0 aliphatic rings. The number of benzene rings is 1. The zero-order chi connectivity index (χ0) is 13.3. The molecule has 1 aromatic heterocycles. The number of nitrogens with two attached hydrogens (primary N) is 1. The van der Waals surface area contributed by atoms with Crippen LogP contribution in [0, 0.1) is 13.8 Å². The summed E-state index contributed by atoms with van der Waals surface area (Å²) in [5.41, 5.74) is 10.3. The minimum absolute atomic E-state index is 0.331. The van der Waals surface area contributed by atoms with E-state index in [1.807, 2.05) is 26.0 Å². The van der Waals surface area contributed by atoms with Gasteiger partial charge in [0.1, 0.15) is 11.4 Å². The van der Waals surface area contributed by atoms with E-state index >= 15 is 0 Å². The Kier molecular flexibility index (Phi) is 3.10. The number of aromatic nitrogens is 1. The van der Waals surface area contributed by atoms with E-state index in [1.54, 1.807) is 6.07 Å². The first-order valence-electron chi connectivity index (χ1n) is 5.67. The molecule has 1 aromatic carbocycles. The third-order valence-electron chi connectivity index (χ3n) is 2.94. The molecule has 0 saturated heterocycles. The molecule has 0 saturated carbocycles. The van der Waals surface area contributed by atoms with Gasteiger partial charge >= 0.3 is 5.97 Å². The van der Waals surface area contributed by atoms with Crippen LogP contribution in [0.4, 0.5) is 5.82 Å². The predicted molar refractivity (Wildman–Crippen MR) is 71.5 cm³/mol. The van der Waals surface area contributed by atoms with E-state index in [-0.39, 0.29) is 0 Å². The highest BCUT2D eigenvalue weighted by atomic mass is 16.5. The van der Waals surface area contributed by atoms with Crippen molar-refractivity contribution in [3.05, 3.63) is 41.0 Å². The van der Waals surface area contributed by atoms with Gasteiger partial charge in [-0.15, -0.1) is 0 Å². The fourth-order valence-corrected chi connectivity index (χ4v) is 1.92. The molecule has 0 bridgehead atoms. The van der Waals surface area contributed by atoms with Crippen LogP contribution < -0.4 is 5.73 Å². The second kappa shape index (κ2) is 4.56. The molecular formula is C14H16N2O2. The number of hydrogen-bond acceptors (Lipinski definition) is 3. The lowest BCUT2D eigenvalue weighted by Crippen LogP contribution is -2.02. The van der Waals surface area contributed by atoms with Crippen molar-refractivity contribution in [1.82, 2.24) is 4.98 Å². The van der Waals surface area contributed by atoms with Gasteiger partial charge < -0.3 is 15.5 Å². The molecular weight excluding hydrogens is 228 g/mol. The number of anilines is 1. The fraction of sp³-hybridized carbons (Fsp3) is 0.214. The maximum atomic E-state index is 11.5. The first kappa shape index (κ1) is 12.2. The van der Waals surface area contributed by atoms with E-state index in [2.05, 4.69) is 15.8 Å². The summed E-state index contributed by atoms with van der Waals surface area (Å²) in [4.78, 5) is 14.5. The third kappa shape index (κ3) is 2.09. The Morgan fingerprint density at radius 3 is 2.67 bits per heavy atom. The zero-order valence-electron chi connectivity index (χ0n) is 10.7. The van der Waals surface area contributed by atoms with Crippen molar-refractivity contribution < 1.29 is 9.53 Å². The molecule has 0 aliphatic heterocycles. The van der Waals surface area contributed by atoms with Crippen molar-refractivity contribution in [3.8, 4) is 11.3 Å². The van der Waals surface area contributed by atoms with Gasteiger partial charge in [-0.3, -0.25) is 0 Å². The largest absolute Gasteiger partial charge is 0.465 e. The number of H-pyrrole nitrogens is 1. The molecule has 0 fully saturated rings. The summed E-state index contributed by atoms with van der Waals surface area (Å²) in [5, 5.41) is 0. The second-order valence-corrected chi connectivity index (χ2v) is 4.32. The number of ether oxygens (including phenoxy) is 1. The van der Waals surface area contributed by atoms with E-state index in [0.717, 1.165) is 22.4 Å². The summed E-state index contributed by atoms with van der Waals surface area (Å²) in [6.45, 7) is 4.04. The van der Waals surface area contributed by atoms with Gasteiger partial charge in [0.05, 0.1) is 7.11 Å². The van der Waals surface area contributed by atoms with Gasteiger partial charge in [-0.2, -0.15) is 0 Å². The molecule has 4 nitrogen and oxygen atoms in total. The van der Waals surface area contributed by atoms with Crippen LogP contribution in [-0.2, 0) is 4.74 Å². The van der Waals surface area contributed by atoms with Crippen molar-refractivity contribution in [1.29, 1.82) is 0 Å². The average Bonchev–Trinajstić information content (AvgIpc) is 2.73. The number of esters is 1. The Balaban J connectivity index is 2.52. The molecule has 2 rings (SSSR count). The SMILES string of the molecule is COC(=O)c1cc(-c2cc(C)ccc2C)[nH]c1N. The summed E-state index contributed by atoms with van der Waals surface area (Å²) in [6, 6.07) is 7.87. The van der Waals surface area contributed by atoms with Crippen LogP contribution in [0.1, 0.15) is 21.5 Å². The Hall–Kier alpha value is -2.23. The predicted octanol–water partition coefficient (Wildman–Crippen LogP) is 2.67. The Labute approximate surface area is 106 Å². The highest BCUT2D eigenvalue weighted by Gasteiger charge is 2.15. The van der Waals surface area contributed by atoms with Gasteiger partial charge in [0.15, 0.2) is 0 Å². The molecule has 0 aliphatic carbocycles. The maximum Gasteiger partial charge on any atom is 0.341 e. The van der Waals surface area contributed by atoms with Crippen LogP contribution in [0.3, 0.4) is 0 Å². The van der Waals surface area contributed by atoms with Crippen molar-refractivity contribution in [2.75, 3.05) is 12.8 Å². The van der Waals surface area contributed by atoms with Crippen LogP contribution in [0.5, 0.6) is 0 Å². The molecule has 94 valence electrons. The van der Waals surface area contributed by atoms with Gasteiger partial charge in [0.25, 0.3) is 0 Å². The maximum absolute atomic E-state index is 11.5. The number of hydrogen-bond donors (Lipinski definition) is 2. The molecule has 0 unspecified atom stereocenters. The van der Waals surface area contributed by atoms with E-state index in [9.17, 15) is 4.79 Å². The van der Waals surface area contributed by atoms with Gasteiger partial charge in [0.2, 0.25) is 0 Å². The van der Waals surface area contributed by atoms with Gasteiger partial charge in [-0.05, 0) is 31.5 Å². The van der Waals surface area contributed by atoms with Crippen LogP contribution in [0.15, 0.2) is 24.3 Å². The van der Waals surface area contributed by atoms with Gasteiger partial charge in [-0.25, -0.2) is 4.79 Å². The van der Waals surface area contributed by atoms with Crippen LogP contribution >= 0.6 is 0 Å². The number of nitrogens with one attached hydrogen (secondary N) is 1. The lowest BCUT2D eigenvalue weighted by molar-refractivity contribution is 0.0602. The van der Waals surface area contributed by atoms with Crippen LogP contribution in [0.25, 0.3) is 11.3 Å². The lowest BCUT2D eigenvalue weighted by Gasteiger charge is -2.04. The summed E-state index contributed by atoms with van der Waals surface area (Å²) in [5.74, 6) is -0.0990. The molecule has 4 heteroatoms. The molecule has 3 N–H and O–H groups in total. The van der Waals surface area contributed by atoms with Crippen LogP contribution in [0.2, 0.25) is 0 Å². The Bertz CT molecular complexity index is 600. The first-order chi connectivity index (χ1) is 8.52. The monoisotopic (exact) mass is 244 g/mol. The molecule has 0 radical (unpaired) electrons. The second-order valence-electron chi connectivity index (χ2n) is 4.32. The normalized spacial score (nSPS) is 10.4. The van der Waals surface area contributed by atoms with Crippen molar-refractivity contribution in [2.45, 2.75) is 13.8 Å². The average molecular weight is 244 g/mol. The van der Waals surface area contributed by atoms with Crippen molar-refractivity contribution in [3.63, 3.8) is 0 Å². The standard InChI is InChI=1S/C14H16N2O2/c1-8-4-5-9(2)10(6-8)12-7-11(13(15)16-12)14(17)18-3/h4-7,16H,15H2,1-3H3.